The summed E-state index contributed by atoms with van der Waals surface area (Å²) in [5.41, 5.74) is 10.0. The Morgan fingerprint density at radius 3 is 2.31 bits per heavy atom. The van der Waals surface area contributed by atoms with Crippen molar-refractivity contribution in [1.29, 1.82) is 0 Å². The van der Waals surface area contributed by atoms with E-state index in [-0.39, 0.29) is 6.42 Å². The van der Waals surface area contributed by atoms with Gasteiger partial charge in [-0.3, -0.25) is 4.79 Å². The van der Waals surface area contributed by atoms with Crippen molar-refractivity contribution in [3.8, 4) is 0 Å². The summed E-state index contributed by atoms with van der Waals surface area (Å²) in [5, 5.41) is -0.392. The van der Waals surface area contributed by atoms with E-state index in [1.807, 2.05) is 0 Å². The molecule has 1 aliphatic carbocycles. The lowest BCUT2D eigenvalue weighted by atomic mass is 9.75. The first-order valence-corrected chi connectivity index (χ1v) is 5.94. The fourth-order valence-corrected chi connectivity index (χ4v) is 2.91. The van der Waals surface area contributed by atoms with Crippen molar-refractivity contribution in [3.05, 3.63) is 0 Å². The van der Waals surface area contributed by atoms with Gasteiger partial charge < -0.3 is 11.5 Å². The fraction of sp³-hybridized carbons (Fsp3) is 0.857. The molecular formula is C7H14N2O3S. The second-order valence-electron chi connectivity index (χ2n) is 3.87. The number of sulfone groups is 1. The van der Waals surface area contributed by atoms with E-state index in [0.29, 0.717) is 12.8 Å². The Balaban J connectivity index is 2.53. The van der Waals surface area contributed by atoms with E-state index < -0.39 is 26.5 Å². The van der Waals surface area contributed by atoms with Crippen LogP contribution in [0.4, 0.5) is 0 Å². The second kappa shape index (κ2) is 2.95. The lowest BCUT2D eigenvalue weighted by Gasteiger charge is -2.43. The quantitative estimate of drug-likeness (QED) is 0.603. The predicted octanol–water partition coefficient (Wildman–Crippen LogP) is -1.23. The minimum atomic E-state index is -3.01. The van der Waals surface area contributed by atoms with Crippen LogP contribution in [0.15, 0.2) is 0 Å². The van der Waals surface area contributed by atoms with E-state index in [2.05, 4.69) is 0 Å². The first-order chi connectivity index (χ1) is 5.73. The molecule has 0 spiro atoms. The second-order valence-corrected chi connectivity index (χ2v) is 6.19. The summed E-state index contributed by atoms with van der Waals surface area (Å²) in [6.07, 6.45) is 1.93. The van der Waals surface area contributed by atoms with Crippen LogP contribution in [0.5, 0.6) is 0 Å². The zero-order chi connectivity index (χ0) is 10.3. The molecule has 0 heterocycles. The molecule has 1 fully saturated rings. The number of rotatable bonds is 3. The molecule has 5 nitrogen and oxygen atoms in total. The van der Waals surface area contributed by atoms with Gasteiger partial charge in [-0.2, -0.15) is 0 Å². The minimum Gasteiger partial charge on any atom is -0.370 e. The van der Waals surface area contributed by atoms with Crippen LogP contribution in [0, 0.1) is 0 Å². The van der Waals surface area contributed by atoms with Crippen LogP contribution in [-0.4, -0.2) is 31.4 Å². The first kappa shape index (κ1) is 10.5. The maximum Gasteiger partial charge on any atom is 0.219 e. The average molecular weight is 206 g/mol. The Labute approximate surface area is 77.4 Å². The zero-order valence-electron chi connectivity index (χ0n) is 7.49. The molecule has 1 rings (SSSR count). The normalized spacial score (nSPS) is 33.8. The third-order valence-corrected chi connectivity index (χ3v) is 3.94. The largest absolute Gasteiger partial charge is 0.370 e. The summed E-state index contributed by atoms with van der Waals surface area (Å²) in [6, 6.07) is 0. The SMILES string of the molecule is CS(=O)(=O)C1CC(N)(CC(N)=O)C1. The number of carbonyl (C=O) groups is 1. The van der Waals surface area contributed by atoms with E-state index in [0.717, 1.165) is 0 Å². The van der Waals surface area contributed by atoms with Gasteiger partial charge in [0.15, 0.2) is 0 Å². The van der Waals surface area contributed by atoms with Crippen molar-refractivity contribution in [2.24, 2.45) is 11.5 Å². The molecule has 0 aliphatic heterocycles. The minimum absolute atomic E-state index is 0.0685. The van der Waals surface area contributed by atoms with Crippen molar-refractivity contribution >= 4 is 15.7 Å². The monoisotopic (exact) mass is 206 g/mol. The molecular weight excluding hydrogens is 192 g/mol. The topological polar surface area (TPSA) is 103 Å². The number of primary amides is 1. The van der Waals surface area contributed by atoms with Gasteiger partial charge in [0.25, 0.3) is 0 Å². The Morgan fingerprint density at radius 2 is 2.00 bits per heavy atom. The van der Waals surface area contributed by atoms with E-state index in [4.69, 9.17) is 11.5 Å². The van der Waals surface area contributed by atoms with Gasteiger partial charge in [0.2, 0.25) is 5.91 Å². The molecule has 1 amide bonds. The lowest BCUT2D eigenvalue weighted by Crippen LogP contribution is -2.58. The Bertz CT molecular complexity index is 317. The van der Waals surface area contributed by atoms with Gasteiger partial charge in [-0.25, -0.2) is 8.42 Å². The molecule has 0 aromatic carbocycles. The Hall–Kier alpha value is -0.620. The van der Waals surface area contributed by atoms with Crippen molar-refractivity contribution in [1.82, 2.24) is 0 Å². The fourth-order valence-electron chi connectivity index (χ4n) is 1.64. The summed E-state index contributed by atoms with van der Waals surface area (Å²) >= 11 is 0. The molecule has 0 atom stereocenters. The molecule has 0 aromatic heterocycles. The Morgan fingerprint density at radius 1 is 1.54 bits per heavy atom. The molecule has 0 aromatic rings. The van der Waals surface area contributed by atoms with Crippen LogP contribution in [0.3, 0.4) is 0 Å². The summed E-state index contributed by atoms with van der Waals surface area (Å²) < 4.78 is 22.0. The first-order valence-electron chi connectivity index (χ1n) is 3.99. The van der Waals surface area contributed by atoms with Crippen molar-refractivity contribution < 1.29 is 13.2 Å². The summed E-state index contributed by atoms with van der Waals surface area (Å²) in [7, 11) is -3.01. The van der Waals surface area contributed by atoms with Gasteiger partial charge in [0.1, 0.15) is 9.84 Å². The predicted molar refractivity (Wildman–Crippen MR) is 48.6 cm³/mol. The molecule has 76 valence electrons. The van der Waals surface area contributed by atoms with Crippen LogP contribution in [0.25, 0.3) is 0 Å². The number of hydrogen-bond acceptors (Lipinski definition) is 4. The molecule has 6 heteroatoms. The van der Waals surface area contributed by atoms with Crippen LogP contribution < -0.4 is 11.5 Å². The third kappa shape index (κ3) is 2.41. The smallest absolute Gasteiger partial charge is 0.219 e. The molecule has 0 radical (unpaired) electrons. The molecule has 0 bridgehead atoms. The van der Waals surface area contributed by atoms with Gasteiger partial charge in [-0.05, 0) is 12.8 Å². The van der Waals surface area contributed by atoms with Gasteiger partial charge in [0, 0.05) is 18.2 Å². The van der Waals surface area contributed by atoms with Crippen LogP contribution in [-0.2, 0) is 14.6 Å². The van der Waals surface area contributed by atoms with Gasteiger partial charge >= 0.3 is 0 Å². The standard InChI is InChI=1S/C7H14N2O3S/c1-13(11,12)5-2-7(9,3-5)4-6(8)10/h5H,2-4,9H2,1H3,(H2,8,10). The highest BCUT2D eigenvalue weighted by atomic mass is 32.2. The molecule has 1 saturated carbocycles. The van der Waals surface area contributed by atoms with Crippen molar-refractivity contribution in [2.75, 3.05) is 6.26 Å². The van der Waals surface area contributed by atoms with Crippen molar-refractivity contribution in [3.63, 3.8) is 0 Å². The maximum absolute atomic E-state index is 11.0. The number of amides is 1. The Kier molecular flexibility index (Phi) is 2.38. The molecule has 0 saturated heterocycles. The summed E-state index contributed by atoms with van der Waals surface area (Å²) in [5.74, 6) is -0.477. The number of hydrogen-bond donors (Lipinski definition) is 2. The molecule has 0 unspecified atom stereocenters. The van der Waals surface area contributed by atoms with E-state index in [1.54, 1.807) is 0 Å². The summed E-state index contributed by atoms with van der Waals surface area (Å²) in [4.78, 5) is 10.6. The van der Waals surface area contributed by atoms with E-state index in [1.165, 1.54) is 6.26 Å². The van der Waals surface area contributed by atoms with Crippen LogP contribution in [0.2, 0.25) is 0 Å². The van der Waals surface area contributed by atoms with Crippen LogP contribution >= 0.6 is 0 Å². The highest BCUT2D eigenvalue weighted by molar-refractivity contribution is 7.91. The van der Waals surface area contributed by atoms with Crippen molar-refractivity contribution in [2.45, 2.75) is 30.1 Å². The third-order valence-electron chi connectivity index (χ3n) is 2.40. The highest BCUT2D eigenvalue weighted by Crippen LogP contribution is 2.36. The summed E-state index contributed by atoms with van der Waals surface area (Å²) in [6.45, 7) is 0. The average Bonchev–Trinajstić information content (AvgIpc) is 1.78. The van der Waals surface area contributed by atoms with E-state index >= 15 is 0 Å². The van der Waals surface area contributed by atoms with Gasteiger partial charge in [0.05, 0.1) is 5.25 Å². The van der Waals surface area contributed by atoms with E-state index in [9.17, 15) is 13.2 Å². The number of carbonyl (C=O) groups excluding carboxylic acids is 1. The molecule has 4 N–H and O–H groups in total. The number of nitrogens with two attached hydrogens (primary N) is 2. The molecule has 1 aliphatic rings. The van der Waals surface area contributed by atoms with Gasteiger partial charge in [-0.1, -0.05) is 0 Å². The molecule has 13 heavy (non-hydrogen) atoms. The maximum atomic E-state index is 11.0. The zero-order valence-corrected chi connectivity index (χ0v) is 8.30. The lowest BCUT2D eigenvalue weighted by molar-refractivity contribution is -0.119. The van der Waals surface area contributed by atoms with Gasteiger partial charge in [-0.15, -0.1) is 0 Å². The van der Waals surface area contributed by atoms with Crippen LogP contribution in [0.1, 0.15) is 19.3 Å². The highest BCUT2D eigenvalue weighted by Gasteiger charge is 2.46.